The number of halogens is 2. The maximum atomic E-state index is 12.6. The first-order valence-corrected chi connectivity index (χ1v) is 7.35. The van der Waals surface area contributed by atoms with Gasteiger partial charge in [0.15, 0.2) is 5.78 Å². The second-order valence-electron chi connectivity index (χ2n) is 5.27. The Bertz CT molecular complexity index is 582. The molecule has 3 rings (SSSR count). The molecule has 0 radical (unpaired) electrons. The highest BCUT2D eigenvalue weighted by Crippen LogP contribution is 2.38. The predicted molar refractivity (Wildman–Crippen MR) is 77.7 cm³/mol. The Labute approximate surface area is 127 Å². The van der Waals surface area contributed by atoms with Crippen LogP contribution in [-0.2, 0) is 9.53 Å². The number of carbonyl (C=O) groups excluding carboxylic acids is 1. The SMILES string of the molecule is O=C1C(c2ccc(Cl)cc2Cl)=COC2CC(O)CCC12. The summed E-state index contributed by atoms with van der Waals surface area (Å²) >= 11 is 12.0. The van der Waals surface area contributed by atoms with Crippen LogP contribution in [0.5, 0.6) is 0 Å². The lowest BCUT2D eigenvalue weighted by atomic mass is 9.78. The molecule has 3 unspecified atom stereocenters. The molecule has 1 aromatic rings. The zero-order valence-corrected chi connectivity index (χ0v) is 12.2. The van der Waals surface area contributed by atoms with Crippen molar-refractivity contribution in [2.45, 2.75) is 31.5 Å². The molecule has 0 spiro atoms. The molecule has 1 saturated carbocycles. The highest BCUT2D eigenvalue weighted by atomic mass is 35.5. The zero-order chi connectivity index (χ0) is 14.3. The molecule has 1 aliphatic carbocycles. The summed E-state index contributed by atoms with van der Waals surface area (Å²) in [7, 11) is 0. The Balaban J connectivity index is 1.93. The van der Waals surface area contributed by atoms with Crippen LogP contribution in [0.25, 0.3) is 5.57 Å². The third kappa shape index (κ3) is 2.46. The van der Waals surface area contributed by atoms with E-state index in [9.17, 15) is 9.90 Å². The number of hydrogen-bond donors (Lipinski definition) is 1. The van der Waals surface area contributed by atoms with Crippen molar-refractivity contribution >= 4 is 34.6 Å². The van der Waals surface area contributed by atoms with Crippen molar-refractivity contribution < 1.29 is 14.6 Å². The van der Waals surface area contributed by atoms with E-state index < -0.39 is 0 Å². The van der Waals surface area contributed by atoms with Crippen molar-refractivity contribution in [1.82, 2.24) is 0 Å². The summed E-state index contributed by atoms with van der Waals surface area (Å²) in [6, 6.07) is 5.05. The van der Waals surface area contributed by atoms with Crippen molar-refractivity contribution in [2.24, 2.45) is 5.92 Å². The molecule has 0 amide bonds. The van der Waals surface area contributed by atoms with E-state index in [-0.39, 0.29) is 23.9 Å². The number of carbonyl (C=O) groups is 1. The van der Waals surface area contributed by atoms with E-state index in [1.165, 1.54) is 6.26 Å². The van der Waals surface area contributed by atoms with Crippen molar-refractivity contribution in [1.29, 1.82) is 0 Å². The summed E-state index contributed by atoms with van der Waals surface area (Å²) in [4.78, 5) is 12.6. The number of hydrogen-bond acceptors (Lipinski definition) is 3. The molecule has 1 N–H and O–H groups in total. The van der Waals surface area contributed by atoms with E-state index in [1.807, 2.05) is 0 Å². The molecule has 2 aliphatic rings. The largest absolute Gasteiger partial charge is 0.496 e. The van der Waals surface area contributed by atoms with Gasteiger partial charge in [-0.3, -0.25) is 4.79 Å². The molecular weight excluding hydrogens is 299 g/mol. The lowest BCUT2D eigenvalue weighted by Crippen LogP contribution is -2.40. The van der Waals surface area contributed by atoms with Crippen LogP contribution in [0.4, 0.5) is 0 Å². The van der Waals surface area contributed by atoms with Crippen molar-refractivity contribution in [3.05, 3.63) is 40.1 Å². The van der Waals surface area contributed by atoms with Crippen molar-refractivity contribution in [3.8, 4) is 0 Å². The smallest absolute Gasteiger partial charge is 0.173 e. The minimum absolute atomic E-state index is 0.0392. The fourth-order valence-corrected chi connectivity index (χ4v) is 3.39. The molecule has 1 fully saturated rings. The molecule has 3 atom stereocenters. The third-order valence-corrected chi connectivity index (χ3v) is 4.50. The van der Waals surface area contributed by atoms with Crippen LogP contribution in [-0.4, -0.2) is 23.1 Å². The first-order chi connectivity index (χ1) is 9.56. The quantitative estimate of drug-likeness (QED) is 0.863. The minimum Gasteiger partial charge on any atom is -0.496 e. The lowest BCUT2D eigenvalue weighted by molar-refractivity contribution is -0.126. The Morgan fingerprint density at radius 1 is 1.25 bits per heavy atom. The number of allylic oxidation sites excluding steroid dienone is 1. The van der Waals surface area contributed by atoms with Gasteiger partial charge in [0.05, 0.1) is 28.9 Å². The fourth-order valence-electron chi connectivity index (χ4n) is 2.88. The molecule has 0 bridgehead atoms. The van der Waals surface area contributed by atoms with Crippen LogP contribution >= 0.6 is 23.2 Å². The maximum absolute atomic E-state index is 12.6. The van der Waals surface area contributed by atoms with E-state index in [2.05, 4.69) is 0 Å². The Morgan fingerprint density at radius 2 is 2.05 bits per heavy atom. The Kier molecular flexibility index (Phi) is 3.76. The van der Waals surface area contributed by atoms with Gasteiger partial charge in [-0.2, -0.15) is 0 Å². The normalized spacial score (nSPS) is 29.4. The van der Waals surface area contributed by atoms with Crippen LogP contribution < -0.4 is 0 Å². The van der Waals surface area contributed by atoms with Gasteiger partial charge in [-0.1, -0.05) is 29.3 Å². The first kappa shape index (κ1) is 13.9. The second-order valence-corrected chi connectivity index (χ2v) is 6.11. The standard InChI is InChI=1S/C15H14Cl2O3/c16-8-1-3-10(13(17)5-8)12-7-20-14-6-9(18)2-4-11(14)15(12)19/h1,3,5,7,9,11,14,18H,2,4,6H2. The van der Waals surface area contributed by atoms with E-state index >= 15 is 0 Å². The zero-order valence-electron chi connectivity index (χ0n) is 10.7. The number of ketones is 1. The molecule has 5 heteroatoms. The number of aliphatic hydroxyl groups excluding tert-OH is 1. The summed E-state index contributed by atoms with van der Waals surface area (Å²) in [5, 5.41) is 10.6. The summed E-state index contributed by atoms with van der Waals surface area (Å²) < 4.78 is 5.64. The van der Waals surface area contributed by atoms with Crippen molar-refractivity contribution in [2.75, 3.05) is 0 Å². The lowest BCUT2D eigenvalue weighted by Gasteiger charge is -2.36. The Morgan fingerprint density at radius 3 is 2.80 bits per heavy atom. The van der Waals surface area contributed by atoms with Gasteiger partial charge in [-0.25, -0.2) is 0 Å². The molecular formula is C15H14Cl2O3. The molecule has 1 aliphatic heterocycles. The molecule has 0 saturated heterocycles. The van der Waals surface area contributed by atoms with E-state index in [4.69, 9.17) is 27.9 Å². The Hall–Kier alpha value is -1.03. The van der Waals surface area contributed by atoms with Crippen LogP contribution in [0.3, 0.4) is 0 Å². The average molecular weight is 313 g/mol. The number of benzene rings is 1. The van der Waals surface area contributed by atoms with Gasteiger partial charge in [0.2, 0.25) is 0 Å². The highest BCUT2D eigenvalue weighted by Gasteiger charge is 2.40. The van der Waals surface area contributed by atoms with Crippen LogP contribution in [0, 0.1) is 5.92 Å². The van der Waals surface area contributed by atoms with Crippen LogP contribution in [0.15, 0.2) is 24.5 Å². The number of rotatable bonds is 1. The van der Waals surface area contributed by atoms with Gasteiger partial charge in [0.25, 0.3) is 0 Å². The van der Waals surface area contributed by atoms with Crippen molar-refractivity contribution in [3.63, 3.8) is 0 Å². The molecule has 3 nitrogen and oxygen atoms in total. The predicted octanol–water partition coefficient (Wildman–Crippen LogP) is 3.46. The first-order valence-electron chi connectivity index (χ1n) is 6.59. The number of Topliss-reactive ketones (excluding diaryl/α,β-unsaturated/α-hetero) is 1. The third-order valence-electron chi connectivity index (χ3n) is 3.95. The van der Waals surface area contributed by atoms with Crippen LogP contribution in [0.1, 0.15) is 24.8 Å². The number of ether oxygens (including phenoxy) is 1. The van der Waals surface area contributed by atoms with Crippen LogP contribution in [0.2, 0.25) is 10.0 Å². The van der Waals surface area contributed by atoms with Gasteiger partial charge in [0, 0.05) is 17.0 Å². The monoisotopic (exact) mass is 312 g/mol. The molecule has 106 valence electrons. The second kappa shape index (κ2) is 5.40. The molecule has 20 heavy (non-hydrogen) atoms. The van der Waals surface area contributed by atoms with Gasteiger partial charge < -0.3 is 9.84 Å². The molecule has 0 aromatic heterocycles. The summed E-state index contributed by atoms with van der Waals surface area (Å²) in [6.45, 7) is 0. The number of fused-ring (bicyclic) bond motifs is 1. The van der Waals surface area contributed by atoms with E-state index in [1.54, 1.807) is 18.2 Å². The van der Waals surface area contributed by atoms with E-state index in [0.29, 0.717) is 40.4 Å². The molecule has 1 aromatic carbocycles. The highest BCUT2D eigenvalue weighted by molar-refractivity contribution is 6.37. The minimum atomic E-state index is -0.377. The summed E-state index contributed by atoms with van der Waals surface area (Å²) in [6.07, 6.45) is 2.66. The van der Waals surface area contributed by atoms with Gasteiger partial charge >= 0.3 is 0 Å². The van der Waals surface area contributed by atoms with Gasteiger partial charge in [0.1, 0.15) is 6.10 Å². The van der Waals surface area contributed by atoms with Gasteiger partial charge in [-0.05, 0) is 25.0 Å². The molecule has 1 heterocycles. The summed E-state index contributed by atoms with van der Waals surface area (Å²) in [5.41, 5.74) is 1.13. The summed E-state index contributed by atoms with van der Waals surface area (Å²) in [5.74, 6) is -0.150. The maximum Gasteiger partial charge on any atom is 0.173 e. The van der Waals surface area contributed by atoms with Gasteiger partial charge in [-0.15, -0.1) is 0 Å². The van der Waals surface area contributed by atoms with E-state index in [0.717, 1.165) is 0 Å². The average Bonchev–Trinajstić information content (AvgIpc) is 2.40. The topological polar surface area (TPSA) is 46.5 Å². The fraction of sp³-hybridized carbons (Fsp3) is 0.400. The number of aliphatic hydroxyl groups is 1.